The standard InChI is InChI=1S/C25H35N3O5S/c1-18-4-6-22(16-19(18)2)34(30,31)28-10-8-21(9-11-28)25(29)26-17-23(24-7-5-20(3)33-24)27-12-14-32-15-13-27/h4-7,16,21,23H,8-15,17H2,1-3H3,(H,26,29)/t23-/m0/s1. The van der Waals surface area contributed by atoms with Gasteiger partial charge in [0.1, 0.15) is 11.5 Å². The van der Waals surface area contributed by atoms with Gasteiger partial charge >= 0.3 is 0 Å². The van der Waals surface area contributed by atoms with Crippen LogP contribution in [-0.4, -0.2) is 69.5 Å². The number of amides is 1. The first-order valence-electron chi connectivity index (χ1n) is 12.0. The highest BCUT2D eigenvalue weighted by atomic mass is 32.2. The molecule has 34 heavy (non-hydrogen) atoms. The van der Waals surface area contributed by atoms with Crippen LogP contribution in [0.15, 0.2) is 39.6 Å². The average Bonchev–Trinajstić information content (AvgIpc) is 3.27. The summed E-state index contributed by atoms with van der Waals surface area (Å²) in [5.41, 5.74) is 2.02. The molecule has 186 valence electrons. The largest absolute Gasteiger partial charge is 0.465 e. The number of rotatable bonds is 7. The van der Waals surface area contributed by atoms with E-state index in [0.717, 1.165) is 35.7 Å². The molecule has 1 N–H and O–H groups in total. The number of morpholine rings is 1. The number of furan rings is 1. The quantitative estimate of drug-likeness (QED) is 0.643. The van der Waals surface area contributed by atoms with Gasteiger partial charge in [0.25, 0.3) is 0 Å². The van der Waals surface area contributed by atoms with Crippen molar-refractivity contribution in [3.05, 3.63) is 53.0 Å². The van der Waals surface area contributed by atoms with Crippen LogP contribution < -0.4 is 5.32 Å². The molecule has 2 aliphatic rings. The van der Waals surface area contributed by atoms with E-state index >= 15 is 0 Å². The van der Waals surface area contributed by atoms with E-state index in [1.807, 2.05) is 39.0 Å². The van der Waals surface area contributed by atoms with Crippen molar-refractivity contribution >= 4 is 15.9 Å². The van der Waals surface area contributed by atoms with Crippen molar-refractivity contribution in [2.75, 3.05) is 45.9 Å². The van der Waals surface area contributed by atoms with Crippen LogP contribution in [0, 0.1) is 26.7 Å². The Labute approximate surface area is 202 Å². The zero-order valence-electron chi connectivity index (χ0n) is 20.2. The third-order valence-electron chi connectivity index (χ3n) is 6.99. The smallest absolute Gasteiger partial charge is 0.243 e. The Balaban J connectivity index is 1.35. The molecular weight excluding hydrogens is 454 g/mol. The van der Waals surface area contributed by atoms with Crippen LogP contribution in [0.3, 0.4) is 0 Å². The maximum atomic E-state index is 13.1. The number of carbonyl (C=O) groups excluding carboxylic acids is 1. The van der Waals surface area contributed by atoms with Crippen LogP contribution >= 0.6 is 0 Å². The highest BCUT2D eigenvalue weighted by Crippen LogP contribution is 2.27. The fourth-order valence-electron chi connectivity index (χ4n) is 4.65. The van der Waals surface area contributed by atoms with Crippen molar-refractivity contribution in [1.29, 1.82) is 0 Å². The summed E-state index contributed by atoms with van der Waals surface area (Å²) in [5, 5.41) is 3.11. The number of hydrogen-bond acceptors (Lipinski definition) is 6. The summed E-state index contributed by atoms with van der Waals surface area (Å²) in [6.45, 7) is 9.84. The van der Waals surface area contributed by atoms with Crippen molar-refractivity contribution in [2.45, 2.75) is 44.6 Å². The first-order valence-corrected chi connectivity index (χ1v) is 13.4. The molecule has 2 saturated heterocycles. The molecule has 8 nitrogen and oxygen atoms in total. The molecule has 0 radical (unpaired) electrons. The minimum absolute atomic E-state index is 0.0234. The Morgan fingerprint density at radius 2 is 1.74 bits per heavy atom. The lowest BCUT2D eigenvalue weighted by Crippen LogP contribution is -2.46. The van der Waals surface area contributed by atoms with Gasteiger partial charge in [-0.05, 0) is 69.0 Å². The molecule has 2 aromatic rings. The second-order valence-electron chi connectivity index (χ2n) is 9.28. The van der Waals surface area contributed by atoms with Gasteiger partial charge in [-0.2, -0.15) is 4.31 Å². The number of nitrogens with one attached hydrogen (secondary N) is 1. The first kappa shape index (κ1) is 24.9. The number of ether oxygens (including phenoxy) is 1. The number of hydrogen-bond donors (Lipinski definition) is 1. The van der Waals surface area contributed by atoms with Gasteiger partial charge in [0, 0.05) is 38.6 Å². The number of piperidine rings is 1. The Bertz CT molecular complexity index is 1100. The van der Waals surface area contributed by atoms with Crippen molar-refractivity contribution in [3.8, 4) is 0 Å². The van der Waals surface area contributed by atoms with Gasteiger partial charge in [0.2, 0.25) is 15.9 Å². The monoisotopic (exact) mass is 489 g/mol. The number of nitrogens with zero attached hydrogens (tertiary/aromatic N) is 2. The van der Waals surface area contributed by atoms with Gasteiger partial charge in [-0.15, -0.1) is 0 Å². The molecule has 1 amide bonds. The topological polar surface area (TPSA) is 92.1 Å². The molecule has 0 aliphatic carbocycles. The lowest BCUT2D eigenvalue weighted by molar-refractivity contribution is -0.126. The Hall–Kier alpha value is -2.20. The Kier molecular flexibility index (Phi) is 7.77. The van der Waals surface area contributed by atoms with Crippen LogP contribution in [0.25, 0.3) is 0 Å². The van der Waals surface area contributed by atoms with E-state index in [-0.39, 0.29) is 17.9 Å². The highest BCUT2D eigenvalue weighted by molar-refractivity contribution is 7.89. The summed E-state index contributed by atoms with van der Waals surface area (Å²) in [7, 11) is -3.55. The maximum Gasteiger partial charge on any atom is 0.243 e. The summed E-state index contributed by atoms with van der Waals surface area (Å²) in [6, 6.07) is 9.10. The van der Waals surface area contributed by atoms with Gasteiger partial charge in [-0.1, -0.05) is 6.07 Å². The lowest BCUT2D eigenvalue weighted by Gasteiger charge is -2.34. The van der Waals surface area contributed by atoms with E-state index in [9.17, 15) is 13.2 Å². The fourth-order valence-corrected chi connectivity index (χ4v) is 6.21. The molecule has 0 bridgehead atoms. The predicted molar refractivity (Wildman–Crippen MR) is 129 cm³/mol. The Morgan fingerprint density at radius 3 is 2.35 bits per heavy atom. The molecule has 0 unspecified atom stereocenters. The van der Waals surface area contributed by atoms with Crippen molar-refractivity contribution in [2.24, 2.45) is 5.92 Å². The molecule has 9 heteroatoms. The van der Waals surface area contributed by atoms with Crippen LogP contribution in [0.4, 0.5) is 0 Å². The van der Waals surface area contributed by atoms with Gasteiger partial charge in [-0.3, -0.25) is 9.69 Å². The predicted octanol–water partition coefficient (Wildman–Crippen LogP) is 2.80. The molecule has 4 rings (SSSR count). The van der Waals surface area contributed by atoms with E-state index in [0.29, 0.717) is 50.6 Å². The summed E-state index contributed by atoms with van der Waals surface area (Å²) in [6.07, 6.45) is 1.02. The average molecular weight is 490 g/mol. The molecule has 0 saturated carbocycles. The van der Waals surface area contributed by atoms with Crippen LogP contribution in [-0.2, 0) is 19.6 Å². The number of sulfonamides is 1. The van der Waals surface area contributed by atoms with Gasteiger partial charge in [-0.25, -0.2) is 8.42 Å². The van der Waals surface area contributed by atoms with Crippen LogP contribution in [0.5, 0.6) is 0 Å². The molecule has 1 aromatic carbocycles. The van der Waals surface area contributed by atoms with E-state index in [1.54, 1.807) is 12.1 Å². The highest BCUT2D eigenvalue weighted by Gasteiger charge is 2.33. The molecular formula is C25H35N3O5S. The summed E-state index contributed by atoms with van der Waals surface area (Å²) >= 11 is 0. The maximum absolute atomic E-state index is 13.1. The molecule has 1 aromatic heterocycles. The molecule has 2 aliphatic heterocycles. The zero-order chi connectivity index (χ0) is 24.3. The molecule has 1 atom stereocenters. The Morgan fingerprint density at radius 1 is 1.03 bits per heavy atom. The summed E-state index contributed by atoms with van der Waals surface area (Å²) in [4.78, 5) is 15.6. The van der Waals surface area contributed by atoms with Crippen molar-refractivity contribution < 1.29 is 22.4 Å². The van der Waals surface area contributed by atoms with Crippen molar-refractivity contribution in [3.63, 3.8) is 0 Å². The number of carbonyl (C=O) groups is 1. The lowest BCUT2D eigenvalue weighted by atomic mass is 9.97. The summed E-state index contributed by atoms with van der Waals surface area (Å²) in [5.74, 6) is 1.46. The molecule has 3 heterocycles. The third kappa shape index (κ3) is 5.54. The van der Waals surface area contributed by atoms with Gasteiger partial charge in [0.15, 0.2) is 0 Å². The normalized spacial score (nSPS) is 19.7. The minimum atomic E-state index is -3.55. The third-order valence-corrected chi connectivity index (χ3v) is 8.88. The van der Waals surface area contributed by atoms with E-state index < -0.39 is 10.0 Å². The summed E-state index contributed by atoms with van der Waals surface area (Å²) < 4.78 is 39.0. The number of aryl methyl sites for hydroxylation is 3. The second kappa shape index (κ2) is 10.6. The van der Waals surface area contributed by atoms with Crippen LogP contribution in [0.1, 0.15) is 41.5 Å². The molecule has 2 fully saturated rings. The SMILES string of the molecule is Cc1ccc([C@H](CNC(=O)C2CCN(S(=O)(=O)c3ccc(C)c(C)c3)CC2)N2CCOCC2)o1. The van der Waals surface area contributed by atoms with Crippen molar-refractivity contribution in [1.82, 2.24) is 14.5 Å². The van der Waals surface area contributed by atoms with E-state index in [2.05, 4.69) is 10.2 Å². The van der Waals surface area contributed by atoms with E-state index in [1.165, 1.54) is 4.31 Å². The van der Waals surface area contributed by atoms with Gasteiger partial charge < -0.3 is 14.5 Å². The minimum Gasteiger partial charge on any atom is -0.465 e. The zero-order valence-corrected chi connectivity index (χ0v) is 21.1. The second-order valence-corrected chi connectivity index (χ2v) is 11.2. The van der Waals surface area contributed by atoms with Crippen LogP contribution in [0.2, 0.25) is 0 Å². The van der Waals surface area contributed by atoms with Gasteiger partial charge in [0.05, 0.1) is 24.2 Å². The number of benzene rings is 1. The van der Waals surface area contributed by atoms with E-state index in [4.69, 9.17) is 9.15 Å². The molecule has 0 spiro atoms. The fraction of sp³-hybridized carbons (Fsp3) is 0.560. The first-order chi connectivity index (χ1) is 16.3.